The number of benzene rings is 1. The Labute approximate surface area is 108 Å². The zero-order chi connectivity index (χ0) is 14.0. The molecule has 1 N–H and O–H groups in total. The van der Waals surface area contributed by atoms with Crippen molar-refractivity contribution in [3.8, 4) is 0 Å². The first-order valence-electron chi connectivity index (χ1n) is 5.76. The van der Waals surface area contributed by atoms with Crippen molar-refractivity contribution in [3.05, 3.63) is 59.0 Å². The summed E-state index contributed by atoms with van der Waals surface area (Å²) in [5.74, 6) is 0.444. The summed E-state index contributed by atoms with van der Waals surface area (Å²) < 4.78 is 42.3. The highest BCUT2D eigenvalue weighted by Gasteiger charge is 2.30. The molecule has 2 rings (SSSR count). The van der Waals surface area contributed by atoms with Gasteiger partial charge in [-0.1, -0.05) is 12.1 Å². The summed E-state index contributed by atoms with van der Waals surface area (Å²) in [6, 6.07) is 6.48. The third-order valence-electron chi connectivity index (χ3n) is 2.91. The van der Waals surface area contributed by atoms with Crippen molar-refractivity contribution >= 4 is 0 Å². The van der Waals surface area contributed by atoms with Gasteiger partial charge in [0.25, 0.3) is 0 Å². The van der Waals surface area contributed by atoms with Gasteiger partial charge in [-0.3, -0.25) is 0 Å². The second kappa shape index (κ2) is 5.09. The standard InChI is InChI=1S/C14H13F3O2/c1-9-6-7-19-13(9)12(18)8-10-2-4-11(5-3-10)14(15,16)17/h2-7,12,18H,8H2,1H3. The van der Waals surface area contributed by atoms with Gasteiger partial charge in [0.2, 0.25) is 0 Å². The summed E-state index contributed by atoms with van der Waals surface area (Å²) in [5.41, 5.74) is 0.746. The highest BCUT2D eigenvalue weighted by atomic mass is 19.4. The molecule has 0 saturated heterocycles. The van der Waals surface area contributed by atoms with Crippen LogP contribution in [0.3, 0.4) is 0 Å². The van der Waals surface area contributed by atoms with Crippen molar-refractivity contribution in [3.63, 3.8) is 0 Å². The van der Waals surface area contributed by atoms with E-state index in [2.05, 4.69) is 0 Å². The summed E-state index contributed by atoms with van der Waals surface area (Å²) in [5, 5.41) is 9.96. The molecule has 0 bridgehead atoms. The molecule has 1 heterocycles. The van der Waals surface area contributed by atoms with E-state index in [1.807, 2.05) is 0 Å². The number of rotatable bonds is 3. The molecular weight excluding hydrogens is 257 g/mol. The fourth-order valence-corrected chi connectivity index (χ4v) is 1.87. The lowest BCUT2D eigenvalue weighted by Gasteiger charge is -2.11. The van der Waals surface area contributed by atoms with E-state index in [1.54, 1.807) is 13.0 Å². The molecular formula is C14H13F3O2. The molecule has 1 aromatic heterocycles. The highest BCUT2D eigenvalue weighted by Crippen LogP contribution is 2.30. The van der Waals surface area contributed by atoms with Gasteiger partial charge in [0.1, 0.15) is 11.9 Å². The Morgan fingerprint density at radius 3 is 2.26 bits per heavy atom. The van der Waals surface area contributed by atoms with Gasteiger partial charge in [-0.05, 0) is 36.2 Å². The average Bonchev–Trinajstić information content (AvgIpc) is 2.75. The zero-order valence-electron chi connectivity index (χ0n) is 10.2. The maximum Gasteiger partial charge on any atom is 0.416 e. The second-order valence-electron chi connectivity index (χ2n) is 4.38. The maximum absolute atomic E-state index is 12.4. The third-order valence-corrected chi connectivity index (χ3v) is 2.91. The lowest BCUT2D eigenvalue weighted by atomic mass is 10.0. The Kier molecular flexibility index (Phi) is 3.66. The summed E-state index contributed by atoms with van der Waals surface area (Å²) >= 11 is 0. The van der Waals surface area contributed by atoms with Crippen molar-refractivity contribution in [2.24, 2.45) is 0 Å². The van der Waals surface area contributed by atoms with E-state index in [9.17, 15) is 18.3 Å². The van der Waals surface area contributed by atoms with Crippen LogP contribution in [-0.2, 0) is 12.6 Å². The number of aryl methyl sites for hydroxylation is 1. The summed E-state index contributed by atoms with van der Waals surface area (Å²) in [6.07, 6.45) is -3.51. The number of hydrogen-bond acceptors (Lipinski definition) is 2. The first-order valence-corrected chi connectivity index (χ1v) is 5.76. The average molecular weight is 270 g/mol. The van der Waals surface area contributed by atoms with Crippen LogP contribution in [0.1, 0.15) is 28.6 Å². The van der Waals surface area contributed by atoms with Crippen LogP contribution < -0.4 is 0 Å². The van der Waals surface area contributed by atoms with E-state index in [4.69, 9.17) is 4.42 Å². The van der Waals surface area contributed by atoms with E-state index >= 15 is 0 Å². The maximum atomic E-state index is 12.4. The molecule has 5 heteroatoms. The highest BCUT2D eigenvalue weighted by molar-refractivity contribution is 5.26. The molecule has 102 valence electrons. The van der Waals surface area contributed by atoms with Crippen LogP contribution in [0.5, 0.6) is 0 Å². The van der Waals surface area contributed by atoms with Crippen LogP contribution in [0.2, 0.25) is 0 Å². The number of hydrogen-bond donors (Lipinski definition) is 1. The topological polar surface area (TPSA) is 33.4 Å². The van der Waals surface area contributed by atoms with E-state index in [-0.39, 0.29) is 6.42 Å². The van der Waals surface area contributed by atoms with Crippen molar-refractivity contribution in [2.75, 3.05) is 0 Å². The zero-order valence-corrected chi connectivity index (χ0v) is 10.2. The Morgan fingerprint density at radius 2 is 1.79 bits per heavy atom. The molecule has 0 saturated carbocycles. The molecule has 0 fully saturated rings. The minimum Gasteiger partial charge on any atom is -0.466 e. The fourth-order valence-electron chi connectivity index (χ4n) is 1.87. The van der Waals surface area contributed by atoms with Crippen LogP contribution in [0.25, 0.3) is 0 Å². The van der Waals surface area contributed by atoms with Gasteiger partial charge in [0.05, 0.1) is 11.8 Å². The molecule has 1 atom stereocenters. The van der Waals surface area contributed by atoms with Gasteiger partial charge >= 0.3 is 6.18 Å². The predicted octanol–water partition coefficient (Wildman–Crippen LogP) is 3.88. The van der Waals surface area contributed by atoms with Gasteiger partial charge in [0, 0.05) is 6.42 Å². The van der Waals surface area contributed by atoms with Crippen molar-refractivity contribution in [1.82, 2.24) is 0 Å². The molecule has 0 aliphatic heterocycles. The molecule has 0 spiro atoms. The van der Waals surface area contributed by atoms with Crippen LogP contribution in [-0.4, -0.2) is 5.11 Å². The van der Waals surface area contributed by atoms with Crippen LogP contribution in [0.4, 0.5) is 13.2 Å². The van der Waals surface area contributed by atoms with Gasteiger partial charge in [-0.2, -0.15) is 13.2 Å². The minimum atomic E-state index is -4.34. The summed E-state index contributed by atoms with van der Waals surface area (Å²) in [4.78, 5) is 0. The molecule has 2 nitrogen and oxygen atoms in total. The molecule has 1 unspecified atom stereocenters. The minimum absolute atomic E-state index is 0.215. The number of aliphatic hydroxyl groups excluding tert-OH is 1. The smallest absolute Gasteiger partial charge is 0.416 e. The Morgan fingerprint density at radius 1 is 1.16 bits per heavy atom. The van der Waals surface area contributed by atoms with Gasteiger partial charge in [0.15, 0.2) is 0 Å². The number of aliphatic hydroxyl groups is 1. The number of halogens is 3. The lowest BCUT2D eigenvalue weighted by molar-refractivity contribution is -0.137. The summed E-state index contributed by atoms with van der Waals surface area (Å²) in [7, 11) is 0. The van der Waals surface area contributed by atoms with E-state index in [0.29, 0.717) is 11.3 Å². The molecule has 0 aliphatic rings. The number of alkyl halides is 3. The third kappa shape index (κ3) is 3.17. The molecule has 0 aliphatic carbocycles. The first kappa shape index (κ1) is 13.7. The van der Waals surface area contributed by atoms with Crippen LogP contribution >= 0.6 is 0 Å². The largest absolute Gasteiger partial charge is 0.466 e. The Balaban J connectivity index is 2.10. The second-order valence-corrected chi connectivity index (χ2v) is 4.38. The lowest BCUT2D eigenvalue weighted by Crippen LogP contribution is -2.06. The predicted molar refractivity (Wildman–Crippen MR) is 63.6 cm³/mol. The van der Waals surface area contributed by atoms with Crippen molar-refractivity contribution in [2.45, 2.75) is 25.6 Å². The molecule has 2 aromatic rings. The molecule has 0 amide bonds. The monoisotopic (exact) mass is 270 g/mol. The normalized spacial score (nSPS) is 13.5. The molecule has 0 radical (unpaired) electrons. The Bertz CT molecular complexity index is 541. The summed E-state index contributed by atoms with van der Waals surface area (Å²) in [6.45, 7) is 1.80. The van der Waals surface area contributed by atoms with Crippen LogP contribution in [0.15, 0.2) is 41.0 Å². The van der Waals surface area contributed by atoms with Gasteiger partial charge < -0.3 is 9.52 Å². The van der Waals surface area contributed by atoms with E-state index in [0.717, 1.165) is 17.7 Å². The Hall–Kier alpha value is -1.75. The van der Waals surface area contributed by atoms with Crippen molar-refractivity contribution < 1.29 is 22.7 Å². The van der Waals surface area contributed by atoms with Gasteiger partial charge in [-0.25, -0.2) is 0 Å². The van der Waals surface area contributed by atoms with E-state index in [1.165, 1.54) is 18.4 Å². The molecule has 1 aromatic carbocycles. The fraction of sp³-hybridized carbons (Fsp3) is 0.286. The first-order chi connectivity index (χ1) is 8.88. The molecule has 19 heavy (non-hydrogen) atoms. The van der Waals surface area contributed by atoms with Crippen LogP contribution in [0, 0.1) is 6.92 Å². The van der Waals surface area contributed by atoms with Gasteiger partial charge in [-0.15, -0.1) is 0 Å². The SMILES string of the molecule is Cc1ccoc1C(O)Cc1ccc(C(F)(F)F)cc1. The number of furan rings is 1. The van der Waals surface area contributed by atoms with E-state index < -0.39 is 17.8 Å². The van der Waals surface area contributed by atoms with Crippen molar-refractivity contribution in [1.29, 1.82) is 0 Å². The quantitative estimate of drug-likeness (QED) is 0.918.